The van der Waals surface area contributed by atoms with Crippen molar-refractivity contribution in [2.24, 2.45) is 17.2 Å². The van der Waals surface area contributed by atoms with Crippen LogP contribution in [0.5, 0.6) is 0 Å². The summed E-state index contributed by atoms with van der Waals surface area (Å²) in [5, 5.41) is 10.5. The molecular formula is C18H25N3O4. The zero-order valence-corrected chi connectivity index (χ0v) is 15.0. The molecule has 2 unspecified atom stereocenters. The number of rotatable bonds is 3. The van der Waals surface area contributed by atoms with Crippen LogP contribution in [0.3, 0.4) is 0 Å². The number of likely N-dealkylation sites (tertiary alicyclic amines) is 1. The molecule has 1 fully saturated rings. The lowest BCUT2D eigenvalue weighted by Crippen LogP contribution is -2.62. The Labute approximate surface area is 147 Å². The molecule has 2 atom stereocenters. The Morgan fingerprint density at radius 1 is 1.40 bits per heavy atom. The first kappa shape index (κ1) is 18.9. The fourth-order valence-corrected chi connectivity index (χ4v) is 3.90. The Balaban J connectivity index is 2.47. The van der Waals surface area contributed by atoms with E-state index in [1.807, 2.05) is 20.8 Å². The Morgan fingerprint density at radius 3 is 2.56 bits per heavy atom. The molecule has 0 bridgehead atoms. The first-order valence-corrected chi connectivity index (χ1v) is 8.18. The van der Waals surface area contributed by atoms with Crippen molar-refractivity contribution in [2.75, 3.05) is 11.6 Å². The number of nitrogens with two attached hydrogens (primary N) is 1. The molecule has 1 saturated heterocycles. The highest BCUT2D eigenvalue weighted by Gasteiger charge is 2.57. The van der Waals surface area contributed by atoms with Crippen molar-refractivity contribution in [3.63, 3.8) is 0 Å². The normalized spacial score (nSPS) is 23.4. The molecule has 2 rings (SSSR count). The molecule has 1 aromatic carbocycles. The summed E-state index contributed by atoms with van der Waals surface area (Å²) in [6.07, 6.45) is 0.110. The Hall–Kier alpha value is -2.41. The molecule has 0 radical (unpaired) electrons. The summed E-state index contributed by atoms with van der Waals surface area (Å²) in [6, 6.07) is 6.34. The number of carbonyl (C=O) groups is 3. The molecule has 1 aliphatic rings. The fraction of sp³-hybridized carbons (Fsp3) is 0.500. The Morgan fingerprint density at radius 2 is 2.04 bits per heavy atom. The van der Waals surface area contributed by atoms with E-state index in [-0.39, 0.29) is 17.9 Å². The van der Waals surface area contributed by atoms with Gasteiger partial charge in [-0.25, -0.2) is 15.6 Å². The van der Waals surface area contributed by atoms with Gasteiger partial charge in [-0.05, 0) is 36.8 Å². The third-order valence-electron chi connectivity index (χ3n) is 5.09. The first-order valence-electron chi connectivity index (χ1n) is 8.18. The highest BCUT2D eigenvalue weighted by atomic mass is 16.4. The van der Waals surface area contributed by atoms with Crippen molar-refractivity contribution in [3.8, 4) is 0 Å². The largest absolute Gasteiger partial charge is 0.465 e. The van der Waals surface area contributed by atoms with Gasteiger partial charge in [0.25, 0.3) is 5.91 Å². The molecule has 2 amide bonds. The molecular weight excluding hydrogens is 322 g/mol. The van der Waals surface area contributed by atoms with E-state index in [9.17, 15) is 19.5 Å². The smallest absolute Gasteiger partial charge is 0.408 e. The van der Waals surface area contributed by atoms with Crippen molar-refractivity contribution in [1.29, 1.82) is 0 Å². The van der Waals surface area contributed by atoms with Crippen LogP contribution in [0.1, 0.15) is 44.5 Å². The molecule has 25 heavy (non-hydrogen) atoms. The van der Waals surface area contributed by atoms with Gasteiger partial charge in [-0.3, -0.25) is 14.5 Å². The predicted octanol–water partition coefficient (Wildman–Crippen LogP) is 2.51. The lowest BCUT2D eigenvalue weighted by atomic mass is 9.69. The molecule has 0 aliphatic carbocycles. The van der Waals surface area contributed by atoms with E-state index in [4.69, 9.17) is 5.84 Å². The van der Waals surface area contributed by atoms with Gasteiger partial charge in [0.05, 0.1) is 5.69 Å². The molecule has 136 valence electrons. The summed E-state index contributed by atoms with van der Waals surface area (Å²) < 4.78 is 0. The first-order chi connectivity index (χ1) is 11.5. The van der Waals surface area contributed by atoms with Gasteiger partial charge in [-0.2, -0.15) is 0 Å². The Kier molecular flexibility index (Phi) is 4.90. The molecule has 1 aromatic rings. The lowest BCUT2D eigenvalue weighted by molar-refractivity contribution is -0.131. The van der Waals surface area contributed by atoms with Crippen LogP contribution in [-0.4, -0.2) is 40.4 Å². The van der Waals surface area contributed by atoms with Gasteiger partial charge in [0.15, 0.2) is 0 Å². The monoisotopic (exact) mass is 347 g/mol. The fourth-order valence-electron chi connectivity index (χ4n) is 3.90. The highest BCUT2D eigenvalue weighted by molar-refractivity contribution is 6.01. The molecule has 7 nitrogen and oxygen atoms in total. The van der Waals surface area contributed by atoms with Crippen LogP contribution >= 0.6 is 0 Å². The lowest BCUT2D eigenvalue weighted by Gasteiger charge is -2.43. The van der Waals surface area contributed by atoms with Crippen LogP contribution < -0.4 is 10.9 Å². The van der Waals surface area contributed by atoms with Crippen molar-refractivity contribution in [2.45, 2.75) is 39.7 Å². The Bertz CT molecular complexity index is 698. The minimum absolute atomic E-state index is 0.191. The number of carboxylic acid groups (broad SMARTS) is 1. The average molecular weight is 347 g/mol. The van der Waals surface area contributed by atoms with Crippen molar-refractivity contribution in [3.05, 3.63) is 29.8 Å². The molecule has 7 heteroatoms. The second-order valence-electron chi connectivity index (χ2n) is 7.68. The van der Waals surface area contributed by atoms with E-state index >= 15 is 0 Å². The zero-order chi connectivity index (χ0) is 19.0. The maximum Gasteiger partial charge on any atom is 0.408 e. The molecule has 1 aliphatic heterocycles. The number of hydrogen-bond acceptors (Lipinski definition) is 4. The van der Waals surface area contributed by atoms with Crippen LogP contribution in [0.15, 0.2) is 24.3 Å². The van der Waals surface area contributed by atoms with Crippen molar-refractivity contribution >= 4 is 24.0 Å². The van der Waals surface area contributed by atoms with Gasteiger partial charge < -0.3 is 5.11 Å². The number of hydrogen-bond donors (Lipinski definition) is 2. The van der Waals surface area contributed by atoms with Gasteiger partial charge >= 0.3 is 6.09 Å². The van der Waals surface area contributed by atoms with Crippen LogP contribution in [0, 0.1) is 11.3 Å². The van der Waals surface area contributed by atoms with E-state index in [1.54, 1.807) is 25.1 Å². The molecule has 0 aromatic heterocycles. The topological polar surface area (TPSA) is 104 Å². The number of carbonyl (C=O) groups excluding carboxylic acids is 2. The van der Waals surface area contributed by atoms with Crippen LogP contribution in [0.4, 0.5) is 10.5 Å². The number of nitrogens with zero attached hydrogens (tertiary/aromatic N) is 2. The SMILES string of the molecule is CC(C)(C)C1CCN(C(=O)O)C1(C)C(=O)N(N)c1cccc(C=O)c1. The third-order valence-corrected chi connectivity index (χ3v) is 5.09. The highest BCUT2D eigenvalue weighted by Crippen LogP contribution is 2.46. The predicted molar refractivity (Wildman–Crippen MR) is 94.2 cm³/mol. The number of benzene rings is 1. The van der Waals surface area contributed by atoms with Crippen LogP contribution in [0.25, 0.3) is 0 Å². The van der Waals surface area contributed by atoms with Gasteiger partial charge in [0.1, 0.15) is 11.8 Å². The zero-order valence-electron chi connectivity index (χ0n) is 15.0. The summed E-state index contributed by atoms with van der Waals surface area (Å²) >= 11 is 0. The maximum atomic E-state index is 13.2. The maximum absolute atomic E-state index is 13.2. The minimum atomic E-state index is -1.28. The van der Waals surface area contributed by atoms with Crippen molar-refractivity contribution in [1.82, 2.24) is 4.90 Å². The number of anilines is 1. The second-order valence-corrected chi connectivity index (χ2v) is 7.68. The summed E-state index contributed by atoms with van der Waals surface area (Å²) in [5.74, 6) is 5.35. The standard InChI is InChI=1S/C18H25N3O4/c1-17(2,3)14-8-9-20(16(24)25)18(14,4)15(23)21(19)13-7-5-6-12(10-13)11-22/h5-7,10-11,14H,8-9,19H2,1-4H3,(H,24,25). The van der Waals surface area contributed by atoms with Gasteiger partial charge in [-0.15, -0.1) is 0 Å². The number of amides is 2. The van der Waals surface area contributed by atoms with Gasteiger partial charge in [-0.1, -0.05) is 32.9 Å². The summed E-state index contributed by atoms with van der Waals surface area (Å²) in [4.78, 5) is 37.1. The van der Waals surface area contributed by atoms with Crippen LogP contribution in [-0.2, 0) is 4.79 Å². The van der Waals surface area contributed by atoms with E-state index < -0.39 is 17.5 Å². The average Bonchev–Trinajstić information content (AvgIpc) is 2.92. The minimum Gasteiger partial charge on any atom is -0.465 e. The number of aldehydes is 1. The van der Waals surface area contributed by atoms with Gasteiger partial charge in [0.2, 0.25) is 0 Å². The van der Waals surface area contributed by atoms with E-state index in [2.05, 4.69) is 0 Å². The quantitative estimate of drug-likeness (QED) is 0.378. The van der Waals surface area contributed by atoms with E-state index in [0.29, 0.717) is 24.0 Å². The third kappa shape index (κ3) is 3.24. The summed E-state index contributed by atoms with van der Waals surface area (Å²) in [6.45, 7) is 7.88. The molecule has 3 N–H and O–H groups in total. The van der Waals surface area contributed by atoms with Crippen molar-refractivity contribution < 1.29 is 19.5 Å². The summed E-state index contributed by atoms with van der Waals surface area (Å²) in [5.41, 5.74) is -0.823. The van der Waals surface area contributed by atoms with Crippen LogP contribution in [0.2, 0.25) is 0 Å². The molecule has 0 saturated carbocycles. The van der Waals surface area contributed by atoms with E-state index in [0.717, 1.165) is 5.01 Å². The second kappa shape index (κ2) is 6.48. The number of hydrazine groups is 1. The van der Waals surface area contributed by atoms with E-state index in [1.165, 1.54) is 11.0 Å². The molecule has 1 heterocycles. The molecule has 0 spiro atoms. The van der Waals surface area contributed by atoms with Gasteiger partial charge in [0, 0.05) is 12.1 Å². The summed E-state index contributed by atoms with van der Waals surface area (Å²) in [7, 11) is 0.